The van der Waals surface area contributed by atoms with Crippen molar-refractivity contribution in [2.45, 2.75) is 33.7 Å². The minimum atomic E-state index is -0.288. The summed E-state index contributed by atoms with van der Waals surface area (Å²) in [5.74, 6) is 1.08. The molecule has 2 rings (SSSR count). The maximum absolute atomic E-state index is 11.8. The van der Waals surface area contributed by atoms with Gasteiger partial charge in [-0.1, -0.05) is 5.16 Å². The summed E-state index contributed by atoms with van der Waals surface area (Å²) in [4.78, 5) is 14.3. The number of aromatic nitrogens is 1. The molecule has 2 N–H and O–H groups in total. The molecule has 5 nitrogen and oxygen atoms in total. The molecule has 102 valence electrons. The summed E-state index contributed by atoms with van der Waals surface area (Å²) in [6.45, 7) is 7.86. The summed E-state index contributed by atoms with van der Waals surface area (Å²) in [6, 6.07) is 3.44. The van der Waals surface area contributed by atoms with Gasteiger partial charge in [0.15, 0.2) is 5.82 Å². The van der Waals surface area contributed by atoms with Crippen LogP contribution in [-0.2, 0) is 0 Å². The molecule has 0 bridgehead atoms. The van der Waals surface area contributed by atoms with Gasteiger partial charge in [0.25, 0.3) is 0 Å². The van der Waals surface area contributed by atoms with Gasteiger partial charge in [-0.15, -0.1) is 11.3 Å². The van der Waals surface area contributed by atoms with Gasteiger partial charge in [-0.05, 0) is 39.3 Å². The molecular formula is C13H17N3O2S. The van der Waals surface area contributed by atoms with Crippen molar-refractivity contribution in [3.8, 4) is 0 Å². The Hall–Kier alpha value is -1.82. The highest BCUT2D eigenvalue weighted by molar-refractivity contribution is 7.12. The highest BCUT2D eigenvalue weighted by Crippen LogP contribution is 2.26. The van der Waals surface area contributed by atoms with E-state index in [0.717, 1.165) is 5.56 Å². The van der Waals surface area contributed by atoms with Gasteiger partial charge in [0.2, 0.25) is 0 Å². The molecule has 0 fully saturated rings. The lowest BCUT2D eigenvalue weighted by Crippen LogP contribution is -2.31. The predicted octanol–water partition coefficient (Wildman–Crippen LogP) is 3.54. The number of hydrogen-bond donors (Lipinski definition) is 2. The lowest BCUT2D eigenvalue weighted by molar-refractivity contribution is 0.249. The van der Waals surface area contributed by atoms with Crippen molar-refractivity contribution in [2.75, 3.05) is 5.32 Å². The zero-order valence-corrected chi connectivity index (χ0v) is 12.2. The van der Waals surface area contributed by atoms with Gasteiger partial charge in [-0.25, -0.2) is 4.79 Å². The second-order valence-electron chi connectivity index (χ2n) is 4.51. The summed E-state index contributed by atoms with van der Waals surface area (Å²) < 4.78 is 4.89. The first-order valence-corrected chi connectivity index (χ1v) is 6.85. The molecule has 1 atom stereocenters. The minimum Gasteiger partial charge on any atom is -0.360 e. The van der Waals surface area contributed by atoms with E-state index in [9.17, 15) is 4.79 Å². The largest absolute Gasteiger partial charge is 0.360 e. The zero-order valence-electron chi connectivity index (χ0n) is 11.4. The van der Waals surface area contributed by atoms with E-state index in [1.54, 1.807) is 24.3 Å². The number of rotatable bonds is 3. The van der Waals surface area contributed by atoms with Gasteiger partial charge in [0.05, 0.1) is 6.04 Å². The Labute approximate surface area is 116 Å². The van der Waals surface area contributed by atoms with E-state index in [0.29, 0.717) is 11.6 Å². The number of carbonyl (C=O) groups excluding carboxylic acids is 1. The monoisotopic (exact) mass is 279 g/mol. The van der Waals surface area contributed by atoms with Crippen molar-refractivity contribution < 1.29 is 9.32 Å². The fourth-order valence-corrected chi connectivity index (χ4v) is 2.95. The number of amides is 2. The normalized spacial score (nSPS) is 12.2. The molecule has 0 aliphatic carbocycles. The van der Waals surface area contributed by atoms with Crippen molar-refractivity contribution in [2.24, 2.45) is 0 Å². The molecule has 19 heavy (non-hydrogen) atoms. The van der Waals surface area contributed by atoms with E-state index in [2.05, 4.69) is 35.7 Å². The molecule has 0 saturated heterocycles. The number of anilines is 1. The Bertz CT molecular complexity index is 588. The van der Waals surface area contributed by atoms with Gasteiger partial charge < -0.3 is 9.84 Å². The van der Waals surface area contributed by atoms with E-state index in [1.165, 1.54) is 9.75 Å². The Morgan fingerprint density at radius 1 is 1.37 bits per heavy atom. The lowest BCUT2D eigenvalue weighted by Gasteiger charge is -2.13. The molecule has 0 aliphatic heterocycles. The van der Waals surface area contributed by atoms with Gasteiger partial charge >= 0.3 is 6.03 Å². The second-order valence-corrected chi connectivity index (χ2v) is 5.97. The SMILES string of the molecule is Cc1cc(NC(=O)NC(C)c2cc(C)sc2C)no1. The molecule has 2 amide bonds. The van der Waals surface area contributed by atoms with Crippen LogP contribution in [0.25, 0.3) is 0 Å². The summed E-state index contributed by atoms with van der Waals surface area (Å²) >= 11 is 1.73. The molecule has 0 aromatic carbocycles. The fourth-order valence-electron chi connectivity index (χ4n) is 1.93. The summed E-state index contributed by atoms with van der Waals surface area (Å²) in [5, 5.41) is 9.23. The van der Waals surface area contributed by atoms with Crippen molar-refractivity contribution in [3.05, 3.63) is 33.2 Å². The average molecular weight is 279 g/mol. The van der Waals surface area contributed by atoms with Gasteiger partial charge in [0, 0.05) is 15.8 Å². The van der Waals surface area contributed by atoms with Crippen LogP contribution < -0.4 is 10.6 Å². The Balaban J connectivity index is 1.97. The number of aryl methyl sites for hydroxylation is 3. The Morgan fingerprint density at radius 2 is 2.11 bits per heavy atom. The summed E-state index contributed by atoms with van der Waals surface area (Å²) in [5.41, 5.74) is 1.15. The third-order valence-electron chi connectivity index (χ3n) is 2.76. The van der Waals surface area contributed by atoms with Gasteiger partial charge in [0.1, 0.15) is 5.76 Å². The van der Waals surface area contributed by atoms with E-state index < -0.39 is 0 Å². The number of carbonyl (C=O) groups is 1. The fraction of sp³-hybridized carbons (Fsp3) is 0.385. The highest BCUT2D eigenvalue weighted by atomic mass is 32.1. The van der Waals surface area contributed by atoms with E-state index >= 15 is 0 Å². The first-order valence-electron chi connectivity index (χ1n) is 6.03. The van der Waals surface area contributed by atoms with Crippen molar-refractivity contribution in [1.82, 2.24) is 10.5 Å². The maximum Gasteiger partial charge on any atom is 0.320 e. The summed E-state index contributed by atoms with van der Waals surface area (Å²) in [7, 11) is 0. The molecule has 6 heteroatoms. The smallest absolute Gasteiger partial charge is 0.320 e. The van der Waals surface area contributed by atoms with Crippen LogP contribution in [0.2, 0.25) is 0 Å². The number of nitrogens with one attached hydrogen (secondary N) is 2. The quantitative estimate of drug-likeness (QED) is 0.903. The van der Waals surface area contributed by atoms with E-state index in [4.69, 9.17) is 4.52 Å². The maximum atomic E-state index is 11.8. The van der Waals surface area contributed by atoms with Crippen LogP contribution in [0.5, 0.6) is 0 Å². The number of hydrogen-bond acceptors (Lipinski definition) is 4. The Morgan fingerprint density at radius 3 is 2.63 bits per heavy atom. The second kappa shape index (κ2) is 5.44. The topological polar surface area (TPSA) is 67.2 Å². The first-order chi connectivity index (χ1) is 8.95. The van der Waals surface area contributed by atoms with E-state index in [1.807, 2.05) is 6.92 Å². The van der Waals surface area contributed by atoms with Gasteiger partial charge in [-0.3, -0.25) is 5.32 Å². The van der Waals surface area contributed by atoms with Crippen molar-refractivity contribution in [3.63, 3.8) is 0 Å². The third kappa shape index (κ3) is 3.35. The van der Waals surface area contributed by atoms with Gasteiger partial charge in [-0.2, -0.15) is 0 Å². The molecular weight excluding hydrogens is 262 g/mol. The standard InChI is InChI=1S/C13H17N3O2S/c1-7-5-12(16-18-7)15-13(17)14-9(3)11-6-8(2)19-10(11)4/h5-6,9H,1-4H3,(H2,14,15,16,17). The zero-order chi connectivity index (χ0) is 14.0. The molecule has 0 aliphatic rings. The van der Waals surface area contributed by atoms with Crippen LogP contribution in [0, 0.1) is 20.8 Å². The van der Waals surface area contributed by atoms with E-state index in [-0.39, 0.29) is 12.1 Å². The molecule has 2 aromatic heterocycles. The first kappa shape index (κ1) is 13.6. The van der Waals surface area contributed by atoms with Crippen LogP contribution >= 0.6 is 11.3 Å². The number of urea groups is 1. The van der Waals surface area contributed by atoms with Crippen molar-refractivity contribution >= 4 is 23.2 Å². The average Bonchev–Trinajstić information content (AvgIpc) is 2.84. The van der Waals surface area contributed by atoms with Crippen LogP contribution in [0.15, 0.2) is 16.7 Å². The van der Waals surface area contributed by atoms with Crippen molar-refractivity contribution in [1.29, 1.82) is 0 Å². The highest BCUT2D eigenvalue weighted by Gasteiger charge is 2.14. The molecule has 0 saturated carbocycles. The van der Waals surface area contributed by atoms with Crippen LogP contribution in [-0.4, -0.2) is 11.2 Å². The summed E-state index contributed by atoms with van der Waals surface area (Å²) in [6.07, 6.45) is 0. The van der Waals surface area contributed by atoms with Crippen LogP contribution in [0.1, 0.15) is 34.0 Å². The minimum absolute atomic E-state index is 0.0436. The number of nitrogens with zero attached hydrogens (tertiary/aromatic N) is 1. The third-order valence-corrected chi connectivity index (χ3v) is 3.74. The van der Waals surface area contributed by atoms with Crippen LogP contribution in [0.4, 0.5) is 10.6 Å². The molecule has 0 radical (unpaired) electrons. The molecule has 0 spiro atoms. The number of thiophene rings is 1. The van der Waals surface area contributed by atoms with Crippen LogP contribution in [0.3, 0.4) is 0 Å². The molecule has 1 unspecified atom stereocenters. The predicted molar refractivity (Wildman–Crippen MR) is 75.6 cm³/mol. The molecule has 2 aromatic rings. The Kier molecular flexibility index (Phi) is 3.90. The molecule has 2 heterocycles. The lowest BCUT2D eigenvalue weighted by atomic mass is 10.1.